The minimum Gasteiger partial charge on any atom is -0.300 e. The van der Waals surface area contributed by atoms with Gasteiger partial charge in [0.25, 0.3) is 0 Å². The van der Waals surface area contributed by atoms with Crippen LogP contribution in [-0.4, -0.2) is 5.78 Å². The van der Waals surface area contributed by atoms with E-state index in [0.29, 0.717) is 5.78 Å². The molecule has 1 nitrogen and oxygen atoms in total. The lowest BCUT2D eigenvalue weighted by molar-refractivity contribution is -0.122. The monoisotopic (exact) mass is 348 g/mol. The summed E-state index contributed by atoms with van der Waals surface area (Å²) in [4.78, 5) is 11.6. The normalized spacial score (nSPS) is 26.3. The van der Waals surface area contributed by atoms with Gasteiger partial charge in [0.05, 0.1) is 0 Å². The molecule has 0 aromatic carbocycles. The molecule has 1 rings (SSSR count). The molecule has 0 bridgehead atoms. The number of carbonyl (C=O) groups is 1. The zero-order valence-corrected chi connectivity index (χ0v) is 13.4. The van der Waals surface area contributed by atoms with E-state index in [-0.39, 0.29) is 5.41 Å². The average molecular weight is 348 g/mol. The van der Waals surface area contributed by atoms with Gasteiger partial charge in [0.2, 0.25) is 0 Å². The highest BCUT2D eigenvalue weighted by Crippen LogP contribution is 2.43. The van der Waals surface area contributed by atoms with Crippen molar-refractivity contribution in [2.75, 3.05) is 0 Å². The van der Waals surface area contributed by atoms with E-state index in [2.05, 4.69) is 42.5 Å². The zero-order chi connectivity index (χ0) is 12.7. The Bertz CT molecular complexity index is 283. The van der Waals surface area contributed by atoms with Crippen LogP contribution < -0.4 is 0 Å². The summed E-state index contributed by atoms with van der Waals surface area (Å²) >= 11 is 2.46. The number of unbranched alkanes of at least 4 members (excludes halogenated alkanes) is 4. The number of rotatable bonds is 6. The largest absolute Gasteiger partial charge is 0.300 e. The van der Waals surface area contributed by atoms with E-state index in [4.69, 9.17) is 0 Å². The van der Waals surface area contributed by atoms with Crippen molar-refractivity contribution in [3.63, 3.8) is 0 Å². The summed E-state index contributed by atoms with van der Waals surface area (Å²) in [6.07, 6.45) is 12.7. The molecule has 1 aliphatic carbocycles. The molecule has 1 aliphatic rings. The van der Waals surface area contributed by atoms with Crippen LogP contribution in [0.1, 0.15) is 71.6 Å². The molecule has 0 aromatic heterocycles. The van der Waals surface area contributed by atoms with Crippen molar-refractivity contribution in [1.82, 2.24) is 0 Å². The van der Waals surface area contributed by atoms with Crippen LogP contribution in [0.15, 0.2) is 9.66 Å². The maximum Gasteiger partial charge on any atom is 0.133 e. The van der Waals surface area contributed by atoms with Gasteiger partial charge in [-0.1, -0.05) is 39.2 Å². The topological polar surface area (TPSA) is 17.1 Å². The summed E-state index contributed by atoms with van der Waals surface area (Å²) in [6, 6.07) is 0. The van der Waals surface area contributed by atoms with Crippen molar-refractivity contribution in [3.8, 4) is 0 Å². The molecule has 1 fully saturated rings. The number of carbonyl (C=O) groups excluding carboxylic acids is 1. The van der Waals surface area contributed by atoms with Crippen LogP contribution in [0.5, 0.6) is 0 Å². The number of halogens is 1. The van der Waals surface area contributed by atoms with Gasteiger partial charge in [0, 0.05) is 18.3 Å². The van der Waals surface area contributed by atoms with Gasteiger partial charge >= 0.3 is 0 Å². The smallest absolute Gasteiger partial charge is 0.133 e. The highest BCUT2D eigenvalue weighted by Gasteiger charge is 2.33. The molecule has 2 heteroatoms. The first kappa shape index (κ1) is 15.2. The van der Waals surface area contributed by atoms with Crippen LogP contribution in [0.25, 0.3) is 0 Å². The lowest BCUT2D eigenvalue weighted by Crippen LogP contribution is -2.26. The molecule has 0 N–H and O–H groups in total. The molecule has 0 heterocycles. The van der Waals surface area contributed by atoms with Gasteiger partial charge in [-0.3, -0.25) is 4.79 Å². The molecule has 0 amide bonds. The number of Topliss-reactive ketones (excluding diaryl/α,β-unsaturated/α-hetero) is 1. The Morgan fingerprint density at radius 2 is 2.18 bits per heavy atom. The quantitative estimate of drug-likeness (QED) is 0.462. The van der Waals surface area contributed by atoms with E-state index in [9.17, 15) is 4.79 Å². The molecule has 98 valence electrons. The molecular formula is C15H25IO. The summed E-state index contributed by atoms with van der Waals surface area (Å²) in [5.74, 6) is 0.451. The molecule has 0 unspecified atom stereocenters. The summed E-state index contributed by atoms with van der Waals surface area (Å²) in [6.45, 7) is 4.50. The second-order valence-corrected chi connectivity index (χ2v) is 6.69. The fourth-order valence-electron chi connectivity index (χ4n) is 2.54. The highest BCUT2D eigenvalue weighted by molar-refractivity contribution is 14.1. The molecule has 1 saturated carbocycles. The lowest BCUT2D eigenvalue weighted by Gasteiger charge is -2.32. The van der Waals surface area contributed by atoms with Crippen molar-refractivity contribution >= 4 is 28.4 Å². The van der Waals surface area contributed by atoms with Gasteiger partial charge in [-0.05, 0) is 51.9 Å². The molecule has 17 heavy (non-hydrogen) atoms. The Morgan fingerprint density at radius 3 is 2.82 bits per heavy atom. The third-order valence-electron chi connectivity index (χ3n) is 3.73. The fourth-order valence-corrected chi connectivity index (χ4v) is 3.31. The van der Waals surface area contributed by atoms with Crippen LogP contribution in [0.3, 0.4) is 0 Å². The third-order valence-corrected chi connectivity index (χ3v) is 5.47. The first-order chi connectivity index (χ1) is 8.08. The first-order valence-electron chi connectivity index (χ1n) is 6.96. The second-order valence-electron chi connectivity index (χ2n) is 5.53. The number of ketones is 1. The van der Waals surface area contributed by atoms with E-state index >= 15 is 0 Å². The third kappa shape index (κ3) is 5.11. The Labute approximate surface area is 120 Å². The SMILES string of the molecule is CCCCCC/C=C(\I)[C@]1(C)CCCC(=O)C1. The summed E-state index contributed by atoms with van der Waals surface area (Å²) in [5.41, 5.74) is 0.153. The van der Waals surface area contributed by atoms with Crippen molar-refractivity contribution < 1.29 is 4.79 Å². The van der Waals surface area contributed by atoms with Crippen molar-refractivity contribution in [3.05, 3.63) is 9.66 Å². The average Bonchev–Trinajstić information content (AvgIpc) is 2.28. The molecule has 1 atom stereocenters. The van der Waals surface area contributed by atoms with Gasteiger partial charge in [0.15, 0.2) is 0 Å². The summed E-state index contributed by atoms with van der Waals surface area (Å²) in [5, 5.41) is 0. The Hall–Kier alpha value is 0.140. The number of hydrogen-bond acceptors (Lipinski definition) is 1. The molecule has 0 spiro atoms. The van der Waals surface area contributed by atoms with E-state index in [0.717, 1.165) is 19.3 Å². The Morgan fingerprint density at radius 1 is 1.41 bits per heavy atom. The molecule has 0 aliphatic heterocycles. The maximum atomic E-state index is 11.6. The van der Waals surface area contributed by atoms with Gasteiger partial charge in [0.1, 0.15) is 5.78 Å². The standard InChI is InChI=1S/C15H25IO/c1-3-4-5-6-7-10-14(16)15(2)11-8-9-13(17)12-15/h10H,3-9,11-12H2,1-2H3/b14-10-/t15-/m1/s1. The van der Waals surface area contributed by atoms with Gasteiger partial charge < -0.3 is 0 Å². The number of allylic oxidation sites excluding steroid dienone is 2. The number of hydrogen-bond donors (Lipinski definition) is 0. The summed E-state index contributed by atoms with van der Waals surface area (Å²) in [7, 11) is 0. The van der Waals surface area contributed by atoms with Crippen LogP contribution in [0.2, 0.25) is 0 Å². The minimum atomic E-state index is 0.153. The van der Waals surface area contributed by atoms with E-state index < -0.39 is 0 Å². The first-order valence-corrected chi connectivity index (χ1v) is 8.04. The van der Waals surface area contributed by atoms with E-state index in [1.54, 1.807) is 0 Å². The molecule has 0 aromatic rings. The van der Waals surface area contributed by atoms with Crippen LogP contribution in [0, 0.1) is 5.41 Å². The van der Waals surface area contributed by atoms with E-state index in [1.165, 1.54) is 42.1 Å². The van der Waals surface area contributed by atoms with E-state index in [1.807, 2.05) is 0 Å². The lowest BCUT2D eigenvalue weighted by atomic mass is 9.75. The minimum absolute atomic E-state index is 0.153. The highest BCUT2D eigenvalue weighted by atomic mass is 127. The van der Waals surface area contributed by atoms with Crippen LogP contribution in [-0.2, 0) is 4.79 Å². The predicted molar refractivity (Wildman–Crippen MR) is 82.4 cm³/mol. The second kappa shape index (κ2) is 7.55. The molecule has 0 radical (unpaired) electrons. The predicted octanol–water partition coefficient (Wildman–Crippen LogP) is 5.43. The van der Waals surface area contributed by atoms with Gasteiger partial charge in [-0.25, -0.2) is 0 Å². The summed E-state index contributed by atoms with van der Waals surface area (Å²) < 4.78 is 1.42. The van der Waals surface area contributed by atoms with Crippen LogP contribution >= 0.6 is 22.6 Å². The van der Waals surface area contributed by atoms with Crippen molar-refractivity contribution in [2.45, 2.75) is 71.6 Å². The maximum absolute atomic E-state index is 11.6. The van der Waals surface area contributed by atoms with Gasteiger partial charge in [-0.15, -0.1) is 0 Å². The van der Waals surface area contributed by atoms with Crippen molar-refractivity contribution in [2.24, 2.45) is 5.41 Å². The van der Waals surface area contributed by atoms with Gasteiger partial charge in [-0.2, -0.15) is 0 Å². The Balaban J connectivity index is 2.41. The van der Waals surface area contributed by atoms with Crippen molar-refractivity contribution in [1.29, 1.82) is 0 Å². The zero-order valence-electron chi connectivity index (χ0n) is 11.2. The molecular weight excluding hydrogens is 323 g/mol. The van der Waals surface area contributed by atoms with Crippen LogP contribution in [0.4, 0.5) is 0 Å². The fraction of sp³-hybridized carbons (Fsp3) is 0.800. The molecule has 0 saturated heterocycles. The Kier molecular flexibility index (Phi) is 6.75.